The minimum absolute atomic E-state index is 0.190. The van der Waals surface area contributed by atoms with E-state index in [-0.39, 0.29) is 11.7 Å². The number of hydrogen-bond acceptors (Lipinski definition) is 4. The molecule has 6 nitrogen and oxygen atoms in total. The number of nitrogens with zero attached hydrogens (tertiary/aromatic N) is 3. The minimum Gasteiger partial charge on any atom is -0.508 e. The molecule has 2 N–H and O–H groups in total. The van der Waals surface area contributed by atoms with Crippen LogP contribution in [0.15, 0.2) is 47.6 Å². The highest BCUT2D eigenvalue weighted by molar-refractivity contribution is 6.01. The zero-order chi connectivity index (χ0) is 18.0. The number of aromatic hydroxyl groups is 1. The number of imidazole rings is 1. The molecule has 25 heavy (non-hydrogen) atoms. The third-order valence-electron chi connectivity index (χ3n) is 4.13. The average Bonchev–Trinajstić information content (AvgIpc) is 2.93. The van der Waals surface area contributed by atoms with Gasteiger partial charge in [-0.3, -0.25) is 4.79 Å². The van der Waals surface area contributed by atoms with E-state index in [0.29, 0.717) is 11.3 Å². The van der Waals surface area contributed by atoms with Crippen molar-refractivity contribution in [3.05, 3.63) is 59.4 Å². The third-order valence-corrected chi connectivity index (χ3v) is 4.13. The fourth-order valence-electron chi connectivity index (χ4n) is 2.76. The second-order valence-corrected chi connectivity index (χ2v) is 5.79. The number of amides is 1. The smallest absolute Gasteiger partial charge is 0.271 e. The highest BCUT2D eigenvalue weighted by Crippen LogP contribution is 2.18. The Morgan fingerprint density at radius 3 is 2.56 bits per heavy atom. The first-order valence-electron chi connectivity index (χ1n) is 8.10. The third kappa shape index (κ3) is 3.38. The van der Waals surface area contributed by atoms with Gasteiger partial charge in [-0.25, -0.2) is 10.4 Å². The summed E-state index contributed by atoms with van der Waals surface area (Å²) in [5.41, 5.74) is 6.36. The Balaban J connectivity index is 1.80. The molecular weight excluding hydrogens is 316 g/mol. The molecule has 6 heteroatoms. The van der Waals surface area contributed by atoms with E-state index in [1.165, 1.54) is 0 Å². The van der Waals surface area contributed by atoms with Crippen LogP contribution in [0.4, 0.5) is 0 Å². The van der Waals surface area contributed by atoms with Gasteiger partial charge in [0.15, 0.2) is 0 Å². The molecule has 0 aliphatic carbocycles. The van der Waals surface area contributed by atoms with Crippen molar-refractivity contribution < 1.29 is 9.90 Å². The lowest BCUT2D eigenvalue weighted by Gasteiger charge is -2.04. The van der Waals surface area contributed by atoms with Gasteiger partial charge >= 0.3 is 0 Å². The van der Waals surface area contributed by atoms with Crippen molar-refractivity contribution in [2.75, 3.05) is 0 Å². The number of carbonyl (C=O) groups excluding carboxylic acids is 1. The van der Waals surface area contributed by atoms with Crippen molar-refractivity contribution in [1.29, 1.82) is 0 Å². The number of aryl methyl sites for hydroxylation is 2. The van der Waals surface area contributed by atoms with Gasteiger partial charge in [0, 0.05) is 12.1 Å². The van der Waals surface area contributed by atoms with Gasteiger partial charge < -0.3 is 9.67 Å². The summed E-state index contributed by atoms with van der Waals surface area (Å²) in [4.78, 5) is 16.8. The van der Waals surface area contributed by atoms with Gasteiger partial charge in [0.1, 0.15) is 11.6 Å². The number of hydrazone groups is 1. The maximum absolute atomic E-state index is 12.3. The lowest BCUT2D eigenvalue weighted by atomic mass is 10.1. The van der Waals surface area contributed by atoms with E-state index in [1.54, 1.807) is 43.3 Å². The standard InChI is InChI=1S/C19H20N4O2/c1-4-23-13(3)20-17-11-15(7-10-18(17)23)19(25)22-21-12(2)14-5-8-16(24)9-6-14/h5-11,24H,4H2,1-3H3,(H,22,25). The van der Waals surface area contributed by atoms with Gasteiger partial charge in [0.2, 0.25) is 0 Å². The first-order chi connectivity index (χ1) is 12.0. The van der Waals surface area contributed by atoms with E-state index < -0.39 is 0 Å². The van der Waals surface area contributed by atoms with Gasteiger partial charge in [0.05, 0.1) is 16.7 Å². The van der Waals surface area contributed by atoms with Crippen molar-refractivity contribution in [3.63, 3.8) is 0 Å². The van der Waals surface area contributed by atoms with Gasteiger partial charge in [-0.2, -0.15) is 5.10 Å². The van der Waals surface area contributed by atoms with Gasteiger partial charge in [-0.15, -0.1) is 0 Å². The van der Waals surface area contributed by atoms with E-state index in [2.05, 4.69) is 27.0 Å². The molecule has 0 spiro atoms. The number of hydrogen-bond donors (Lipinski definition) is 2. The zero-order valence-corrected chi connectivity index (χ0v) is 14.4. The van der Waals surface area contributed by atoms with Crippen LogP contribution in [0.2, 0.25) is 0 Å². The number of aromatic nitrogens is 2. The summed E-state index contributed by atoms with van der Waals surface area (Å²) in [6, 6.07) is 12.1. The van der Waals surface area contributed by atoms with Crippen molar-refractivity contribution in [2.45, 2.75) is 27.3 Å². The Bertz CT molecular complexity index is 955. The number of nitrogens with one attached hydrogen (secondary N) is 1. The van der Waals surface area contributed by atoms with Crippen molar-refractivity contribution in [2.24, 2.45) is 5.10 Å². The molecule has 0 saturated heterocycles. The van der Waals surface area contributed by atoms with Crippen LogP contribution in [0, 0.1) is 6.92 Å². The molecule has 3 aromatic rings. The zero-order valence-electron chi connectivity index (χ0n) is 14.4. The Morgan fingerprint density at radius 1 is 1.20 bits per heavy atom. The Morgan fingerprint density at radius 2 is 1.88 bits per heavy atom. The van der Waals surface area contributed by atoms with Crippen LogP contribution in [0.3, 0.4) is 0 Å². The molecule has 128 valence electrons. The van der Waals surface area contributed by atoms with Crippen LogP contribution in [0.5, 0.6) is 5.75 Å². The van der Waals surface area contributed by atoms with Crippen LogP contribution in [0.1, 0.15) is 35.6 Å². The lowest BCUT2D eigenvalue weighted by Crippen LogP contribution is -2.19. The number of phenolic OH excluding ortho intramolecular Hbond substituents is 1. The predicted molar refractivity (Wildman–Crippen MR) is 97.9 cm³/mol. The molecule has 0 saturated carbocycles. The maximum Gasteiger partial charge on any atom is 0.271 e. The normalized spacial score (nSPS) is 11.7. The molecule has 0 aliphatic heterocycles. The SMILES string of the molecule is CCn1c(C)nc2cc(C(=O)NN=C(C)c3ccc(O)cc3)ccc21. The van der Waals surface area contributed by atoms with Gasteiger partial charge in [-0.1, -0.05) is 0 Å². The molecule has 1 heterocycles. The number of fused-ring (bicyclic) bond motifs is 1. The summed E-state index contributed by atoms with van der Waals surface area (Å²) in [7, 11) is 0. The van der Waals surface area contributed by atoms with Crippen LogP contribution in [0.25, 0.3) is 11.0 Å². The largest absolute Gasteiger partial charge is 0.508 e. The van der Waals surface area contributed by atoms with E-state index in [9.17, 15) is 9.90 Å². The van der Waals surface area contributed by atoms with Crippen LogP contribution >= 0.6 is 0 Å². The predicted octanol–water partition coefficient (Wildman–Crippen LogP) is 3.22. The summed E-state index contributed by atoms with van der Waals surface area (Å²) >= 11 is 0. The Kier molecular flexibility index (Phi) is 4.52. The van der Waals surface area contributed by atoms with E-state index in [4.69, 9.17) is 0 Å². The Labute approximate surface area is 145 Å². The molecule has 0 atom stereocenters. The summed E-state index contributed by atoms with van der Waals surface area (Å²) < 4.78 is 2.10. The van der Waals surface area contributed by atoms with Crippen molar-refractivity contribution in [3.8, 4) is 5.75 Å². The number of rotatable bonds is 4. The molecule has 1 amide bonds. The molecule has 0 bridgehead atoms. The van der Waals surface area contributed by atoms with Crippen LogP contribution < -0.4 is 5.43 Å². The number of carbonyl (C=O) groups is 1. The second-order valence-electron chi connectivity index (χ2n) is 5.79. The first-order valence-corrected chi connectivity index (χ1v) is 8.10. The van der Waals surface area contributed by atoms with E-state index >= 15 is 0 Å². The molecule has 1 aromatic heterocycles. The summed E-state index contributed by atoms with van der Waals surface area (Å²) in [5.74, 6) is 0.829. The lowest BCUT2D eigenvalue weighted by molar-refractivity contribution is 0.0955. The molecule has 2 aromatic carbocycles. The van der Waals surface area contributed by atoms with Gasteiger partial charge in [0.25, 0.3) is 5.91 Å². The quantitative estimate of drug-likeness (QED) is 0.567. The summed E-state index contributed by atoms with van der Waals surface area (Å²) in [6.07, 6.45) is 0. The fourth-order valence-corrected chi connectivity index (χ4v) is 2.76. The summed E-state index contributed by atoms with van der Waals surface area (Å²) in [5, 5.41) is 13.4. The van der Waals surface area contributed by atoms with Crippen molar-refractivity contribution >= 4 is 22.7 Å². The number of benzene rings is 2. The Hall–Kier alpha value is -3.15. The summed E-state index contributed by atoms with van der Waals surface area (Å²) in [6.45, 7) is 6.65. The topological polar surface area (TPSA) is 79.5 Å². The molecular formula is C19H20N4O2. The van der Waals surface area contributed by atoms with E-state index in [1.807, 2.05) is 13.0 Å². The monoisotopic (exact) mass is 336 g/mol. The molecule has 0 radical (unpaired) electrons. The minimum atomic E-state index is -0.288. The van der Waals surface area contributed by atoms with E-state index in [0.717, 1.165) is 29.0 Å². The molecule has 0 unspecified atom stereocenters. The highest BCUT2D eigenvalue weighted by atomic mass is 16.3. The average molecular weight is 336 g/mol. The molecule has 0 fully saturated rings. The maximum atomic E-state index is 12.3. The van der Waals surface area contributed by atoms with Crippen molar-refractivity contribution in [1.82, 2.24) is 15.0 Å². The van der Waals surface area contributed by atoms with Crippen LogP contribution in [-0.2, 0) is 6.54 Å². The number of phenols is 1. The van der Waals surface area contributed by atoms with Crippen LogP contribution in [-0.4, -0.2) is 26.3 Å². The second kappa shape index (κ2) is 6.76. The fraction of sp³-hybridized carbons (Fsp3) is 0.211. The molecule has 3 rings (SSSR count). The first kappa shape index (κ1) is 16.7. The van der Waals surface area contributed by atoms with Gasteiger partial charge in [-0.05, 0) is 68.8 Å². The molecule has 0 aliphatic rings. The highest BCUT2D eigenvalue weighted by Gasteiger charge is 2.10.